The average Bonchev–Trinajstić information content (AvgIpc) is 2.99. The molecule has 2 atom stereocenters. The zero-order chi connectivity index (χ0) is 20.4. The van der Waals surface area contributed by atoms with E-state index in [-0.39, 0.29) is 35.3 Å². The Morgan fingerprint density at radius 3 is 2.14 bits per heavy atom. The molecule has 2 aliphatic rings. The first kappa shape index (κ1) is 19.7. The SMILES string of the molecule is O=C(CSc1ccc(N2C(=O)[C@H]3CC=CC[C@H]3C2=O)cc1)Nc1ccc(Cl)cc1. The van der Waals surface area contributed by atoms with Gasteiger partial charge in [0.1, 0.15) is 0 Å². The van der Waals surface area contributed by atoms with E-state index in [0.29, 0.717) is 29.2 Å². The van der Waals surface area contributed by atoms with Crippen molar-refractivity contribution in [2.45, 2.75) is 17.7 Å². The summed E-state index contributed by atoms with van der Waals surface area (Å²) < 4.78 is 0. The summed E-state index contributed by atoms with van der Waals surface area (Å²) in [6, 6.07) is 14.1. The molecule has 0 aromatic heterocycles. The lowest BCUT2D eigenvalue weighted by Gasteiger charge is -2.15. The summed E-state index contributed by atoms with van der Waals surface area (Å²) >= 11 is 7.22. The molecule has 148 valence electrons. The van der Waals surface area contributed by atoms with Crippen LogP contribution in [0.5, 0.6) is 0 Å². The lowest BCUT2D eigenvalue weighted by atomic mass is 9.85. The first-order chi connectivity index (χ1) is 14.0. The second-order valence-electron chi connectivity index (χ2n) is 7.01. The number of thioether (sulfide) groups is 1. The molecule has 7 heteroatoms. The number of anilines is 2. The minimum absolute atomic E-state index is 0.118. The smallest absolute Gasteiger partial charge is 0.238 e. The van der Waals surface area contributed by atoms with Crippen LogP contribution >= 0.6 is 23.4 Å². The maximum absolute atomic E-state index is 12.6. The van der Waals surface area contributed by atoms with Crippen LogP contribution in [-0.4, -0.2) is 23.5 Å². The molecular formula is C22H19ClN2O3S. The highest BCUT2D eigenvalue weighted by molar-refractivity contribution is 8.00. The minimum atomic E-state index is -0.238. The lowest BCUT2D eigenvalue weighted by Crippen LogP contribution is -2.30. The molecule has 0 bridgehead atoms. The maximum Gasteiger partial charge on any atom is 0.238 e. The van der Waals surface area contributed by atoms with Gasteiger partial charge in [-0.15, -0.1) is 11.8 Å². The van der Waals surface area contributed by atoms with Gasteiger partial charge in [0.15, 0.2) is 0 Å². The summed E-state index contributed by atoms with van der Waals surface area (Å²) in [6.45, 7) is 0. The highest BCUT2D eigenvalue weighted by Gasteiger charge is 2.47. The van der Waals surface area contributed by atoms with Crippen LogP contribution in [0.1, 0.15) is 12.8 Å². The number of carbonyl (C=O) groups excluding carboxylic acids is 3. The quantitative estimate of drug-likeness (QED) is 0.433. The predicted molar refractivity (Wildman–Crippen MR) is 115 cm³/mol. The van der Waals surface area contributed by atoms with Gasteiger partial charge in [0, 0.05) is 15.6 Å². The fraction of sp³-hybridized carbons (Fsp3) is 0.227. The van der Waals surface area contributed by atoms with Gasteiger partial charge in [-0.2, -0.15) is 0 Å². The number of rotatable bonds is 5. The van der Waals surface area contributed by atoms with E-state index in [1.807, 2.05) is 24.3 Å². The second-order valence-corrected chi connectivity index (χ2v) is 8.49. The number of amides is 3. The summed E-state index contributed by atoms with van der Waals surface area (Å²) in [5.74, 6) is -0.586. The number of fused-ring (bicyclic) bond motifs is 1. The highest BCUT2D eigenvalue weighted by atomic mass is 35.5. The van der Waals surface area contributed by atoms with Gasteiger partial charge in [-0.05, 0) is 61.4 Å². The summed E-state index contributed by atoms with van der Waals surface area (Å²) in [5.41, 5.74) is 1.28. The van der Waals surface area contributed by atoms with Crippen molar-refractivity contribution >= 4 is 52.5 Å². The van der Waals surface area contributed by atoms with Gasteiger partial charge in [-0.25, -0.2) is 0 Å². The zero-order valence-electron chi connectivity index (χ0n) is 15.5. The fourth-order valence-electron chi connectivity index (χ4n) is 3.63. The fourth-order valence-corrected chi connectivity index (χ4v) is 4.45. The molecule has 2 aromatic carbocycles. The third-order valence-corrected chi connectivity index (χ3v) is 6.36. The Kier molecular flexibility index (Phi) is 5.74. The van der Waals surface area contributed by atoms with E-state index in [4.69, 9.17) is 11.6 Å². The second kappa shape index (κ2) is 8.43. The zero-order valence-corrected chi connectivity index (χ0v) is 17.1. The number of benzene rings is 2. The van der Waals surface area contributed by atoms with Crippen molar-refractivity contribution in [1.82, 2.24) is 0 Å². The van der Waals surface area contributed by atoms with Gasteiger partial charge in [-0.1, -0.05) is 23.8 Å². The number of allylic oxidation sites excluding steroid dienone is 2. The van der Waals surface area contributed by atoms with E-state index >= 15 is 0 Å². The molecular weight excluding hydrogens is 408 g/mol. The molecule has 29 heavy (non-hydrogen) atoms. The van der Waals surface area contributed by atoms with Gasteiger partial charge in [0.05, 0.1) is 23.3 Å². The van der Waals surface area contributed by atoms with Gasteiger partial charge >= 0.3 is 0 Å². The van der Waals surface area contributed by atoms with Crippen LogP contribution < -0.4 is 10.2 Å². The predicted octanol–water partition coefficient (Wildman–Crippen LogP) is 4.53. The van der Waals surface area contributed by atoms with Crippen molar-refractivity contribution < 1.29 is 14.4 Å². The number of hydrogen-bond acceptors (Lipinski definition) is 4. The molecule has 0 spiro atoms. The molecule has 4 rings (SSSR count). The van der Waals surface area contributed by atoms with Crippen LogP contribution in [0.4, 0.5) is 11.4 Å². The highest BCUT2D eigenvalue weighted by Crippen LogP contribution is 2.38. The number of carbonyl (C=O) groups is 3. The summed E-state index contributed by atoms with van der Waals surface area (Å²) in [4.78, 5) is 39.6. The van der Waals surface area contributed by atoms with E-state index in [1.54, 1.807) is 36.4 Å². The van der Waals surface area contributed by atoms with Crippen molar-refractivity contribution in [2.75, 3.05) is 16.0 Å². The molecule has 3 amide bonds. The summed E-state index contributed by atoms with van der Waals surface area (Å²) in [6.07, 6.45) is 5.21. The number of halogens is 1. The molecule has 1 aliphatic heterocycles. The van der Waals surface area contributed by atoms with Crippen LogP contribution in [0, 0.1) is 11.8 Å². The molecule has 2 aromatic rings. The lowest BCUT2D eigenvalue weighted by molar-refractivity contribution is -0.122. The number of nitrogens with zero attached hydrogens (tertiary/aromatic N) is 1. The Hall–Kier alpha value is -2.57. The van der Waals surface area contributed by atoms with Gasteiger partial charge in [-0.3, -0.25) is 19.3 Å². The monoisotopic (exact) mass is 426 g/mol. The minimum Gasteiger partial charge on any atom is -0.325 e. The van der Waals surface area contributed by atoms with Crippen LogP contribution in [0.2, 0.25) is 5.02 Å². The number of hydrogen-bond donors (Lipinski definition) is 1. The molecule has 0 radical (unpaired) electrons. The molecule has 1 fully saturated rings. The van der Waals surface area contributed by atoms with Crippen molar-refractivity contribution in [3.8, 4) is 0 Å². The first-order valence-electron chi connectivity index (χ1n) is 9.34. The van der Waals surface area contributed by atoms with Crippen LogP contribution in [0.15, 0.2) is 65.6 Å². The molecule has 1 N–H and O–H groups in total. The van der Waals surface area contributed by atoms with Crippen LogP contribution in [0.25, 0.3) is 0 Å². The molecule has 5 nitrogen and oxygen atoms in total. The van der Waals surface area contributed by atoms with Gasteiger partial charge < -0.3 is 5.32 Å². The number of imide groups is 1. The molecule has 1 saturated heterocycles. The van der Waals surface area contributed by atoms with Crippen LogP contribution in [0.3, 0.4) is 0 Å². The van der Waals surface area contributed by atoms with E-state index in [2.05, 4.69) is 5.32 Å². The van der Waals surface area contributed by atoms with Gasteiger partial charge in [0.25, 0.3) is 0 Å². The third kappa shape index (κ3) is 4.23. The molecule has 0 saturated carbocycles. The maximum atomic E-state index is 12.6. The summed E-state index contributed by atoms with van der Waals surface area (Å²) in [5, 5.41) is 3.43. The molecule has 1 heterocycles. The Balaban J connectivity index is 1.36. The average molecular weight is 427 g/mol. The van der Waals surface area contributed by atoms with Crippen molar-refractivity contribution in [3.05, 3.63) is 65.7 Å². The third-order valence-electron chi connectivity index (χ3n) is 5.10. The Labute approximate surface area is 178 Å². The largest absolute Gasteiger partial charge is 0.325 e. The number of nitrogens with one attached hydrogen (secondary N) is 1. The first-order valence-corrected chi connectivity index (χ1v) is 10.7. The topological polar surface area (TPSA) is 66.5 Å². The standard InChI is InChI=1S/C22H19ClN2O3S/c23-14-5-7-15(8-6-14)24-20(26)13-29-17-11-9-16(10-12-17)25-21(27)18-3-1-2-4-19(18)22(25)28/h1-2,5-12,18-19H,3-4,13H2,(H,24,26)/t18-,19+. The van der Waals surface area contributed by atoms with Crippen LogP contribution in [-0.2, 0) is 14.4 Å². The Morgan fingerprint density at radius 1 is 0.966 bits per heavy atom. The van der Waals surface area contributed by atoms with E-state index in [1.165, 1.54) is 16.7 Å². The van der Waals surface area contributed by atoms with Crippen molar-refractivity contribution in [3.63, 3.8) is 0 Å². The van der Waals surface area contributed by atoms with Gasteiger partial charge in [0.2, 0.25) is 17.7 Å². The molecule has 1 aliphatic carbocycles. The van der Waals surface area contributed by atoms with E-state index in [9.17, 15) is 14.4 Å². The van der Waals surface area contributed by atoms with Crippen molar-refractivity contribution in [1.29, 1.82) is 0 Å². The normalized spacial score (nSPS) is 20.7. The molecule has 0 unspecified atom stereocenters. The van der Waals surface area contributed by atoms with Crippen molar-refractivity contribution in [2.24, 2.45) is 11.8 Å². The Bertz CT molecular complexity index is 947. The van der Waals surface area contributed by atoms with E-state index in [0.717, 1.165) is 4.90 Å². The van der Waals surface area contributed by atoms with E-state index < -0.39 is 0 Å². The summed E-state index contributed by atoms with van der Waals surface area (Å²) in [7, 11) is 0. The Morgan fingerprint density at radius 2 is 1.55 bits per heavy atom.